The normalized spacial score (nSPS) is 32.0. The summed E-state index contributed by atoms with van der Waals surface area (Å²) in [6.07, 6.45) is -1.49. The van der Waals surface area contributed by atoms with Crippen molar-refractivity contribution in [2.24, 2.45) is 5.84 Å². The Kier molecular flexibility index (Phi) is 7.02. The molecule has 0 aromatic heterocycles. The summed E-state index contributed by atoms with van der Waals surface area (Å²) in [5, 5.41) is 1.82. The Bertz CT molecular complexity index is 440. The van der Waals surface area contributed by atoms with Crippen LogP contribution in [-0.4, -0.2) is 48.1 Å². The minimum atomic E-state index is -4.16. The highest BCUT2D eigenvalue weighted by Gasteiger charge is 2.40. The third kappa shape index (κ3) is 6.07. The van der Waals surface area contributed by atoms with E-state index in [2.05, 4.69) is 0 Å². The minimum absolute atomic E-state index is 0.170. The van der Waals surface area contributed by atoms with E-state index < -0.39 is 39.2 Å². The van der Waals surface area contributed by atoms with Crippen LogP contribution in [0.15, 0.2) is 0 Å². The van der Waals surface area contributed by atoms with Crippen molar-refractivity contribution in [3.63, 3.8) is 0 Å². The average Bonchev–Trinajstić information content (AvgIpc) is 2.66. The lowest BCUT2D eigenvalue weighted by molar-refractivity contribution is 0.00397. The number of hydrogen-bond donors (Lipinski definition) is 5. The van der Waals surface area contributed by atoms with Gasteiger partial charge in [0.25, 0.3) is 0 Å². The summed E-state index contributed by atoms with van der Waals surface area (Å²) < 4.78 is 38.4. The Morgan fingerprint density at radius 1 is 1.48 bits per heavy atom. The quantitative estimate of drug-likeness (QED) is 0.166. The smallest absolute Gasteiger partial charge is 0.380 e. The van der Waals surface area contributed by atoms with Crippen LogP contribution >= 0.6 is 15.3 Å². The predicted molar refractivity (Wildman–Crippen MR) is 75.1 cm³/mol. The van der Waals surface area contributed by atoms with E-state index in [9.17, 15) is 18.9 Å². The van der Waals surface area contributed by atoms with Gasteiger partial charge in [-0.15, -0.1) is 5.20 Å². The van der Waals surface area contributed by atoms with Crippen LogP contribution in [0.2, 0.25) is 0 Å². The molecule has 6 N–H and O–H groups in total. The summed E-state index contributed by atoms with van der Waals surface area (Å²) in [5.74, 6) is 4.85. The largest absolute Gasteiger partial charge is 0.417 e. The van der Waals surface area contributed by atoms with E-state index >= 15 is 0 Å². The average molecular weight is 343 g/mol. The maximum atomic E-state index is 11.9. The Hall–Kier alpha value is 0.205. The first kappa shape index (κ1) is 19.3. The van der Waals surface area contributed by atoms with E-state index in [0.717, 1.165) is 0 Å². The van der Waals surface area contributed by atoms with Crippen LogP contribution in [0.25, 0.3) is 0 Å². The van der Waals surface area contributed by atoms with Crippen LogP contribution in [0.5, 0.6) is 0 Å². The molecule has 0 aromatic rings. The molecule has 122 valence electrons. The van der Waals surface area contributed by atoms with Gasteiger partial charge in [-0.1, -0.05) is 13.8 Å². The first-order valence-corrected chi connectivity index (χ1v) is 9.42. The van der Waals surface area contributed by atoms with Crippen LogP contribution < -0.4 is 16.6 Å². The molecule has 1 fully saturated rings. The third-order valence-electron chi connectivity index (χ3n) is 2.79. The standard InChI is InChI=1S/C8H20BN3O7P2/c1-5(2)20(13,14)19-6-3-8(9)18-7(6)4-17-21(15,16)12-11-10/h5-8,11H,3-4,10H2,1-2H3,(H,13,14)(H2,12,15,16)/t6-,7+,8+/m0/s1. The molecule has 5 atom stereocenters. The molecule has 2 radical (unpaired) electrons. The van der Waals surface area contributed by atoms with Crippen molar-refractivity contribution < 1.29 is 32.7 Å². The van der Waals surface area contributed by atoms with Gasteiger partial charge in [0, 0.05) is 6.00 Å². The van der Waals surface area contributed by atoms with Crippen molar-refractivity contribution in [3.05, 3.63) is 0 Å². The molecule has 1 aliphatic rings. The van der Waals surface area contributed by atoms with Crippen LogP contribution in [0.4, 0.5) is 0 Å². The fourth-order valence-electron chi connectivity index (χ4n) is 1.61. The Balaban J connectivity index is 2.63. The van der Waals surface area contributed by atoms with E-state index in [1.165, 1.54) is 0 Å². The van der Waals surface area contributed by atoms with Crippen molar-refractivity contribution in [2.45, 2.75) is 44.1 Å². The molecular formula is C8H20BN3O7P2. The molecular weight excluding hydrogens is 323 g/mol. The van der Waals surface area contributed by atoms with Crippen molar-refractivity contribution in [1.29, 1.82) is 0 Å². The monoisotopic (exact) mass is 343 g/mol. The predicted octanol–water partition coefficient (Wildman–Crippen LogP) is -0.666. The SMILES string of the molecule is [B][C@H]1C[C@H](OP(=O)(O)C(C)C)[C@@H](COP(=O)(O)NNN)O1. The summed E-state index contributed by atoms with van der Waals surface area (Å²) in [5.41, 5.74) is 1.19. The maximum Gasteiger partial charge on any atom is 0.417 e. The van der Waals surface area contributed by atoms with Crippen LogP contribution in [0.1, 0.15) is 20.3 Å². The molecule has 1 heterocycles. The summed E-state index contributed by atoms with van der Waals surface area (Å²) in [6, 6.07) is -0.713. The minimum Gasteiger partial charge on any atom is -0.380 e. The van der Waals surface area contributed by atoms with Gasteiger partial charge in [0.2, 0.25) is 0 Å². The number of nitrogens with two attached hydrogens (primary N) is 1. The number of hydrazine groups is 2. The fraction of sp³-hybridized carbons (Fsp3) is 1.00. The van der Waals surface area contributed by atoms with Gasteiger partial charge in [0.1, 0.15) is 14.0 Å². The van der Waals surface area contributed by atoms with Gasteiger partial charge in [-0.2, -0.15) is 5.53 Å². The zero-order valence-corrected chi connectivity index (χ0v) is 13.5. The molecule has 21 heavy (non-hydrogen) atoms. The third-order valence-corrected chi connectivity index (χ3v) is 5.58. The lowest BCUT2D eigenvalue weighted by atomic mass is 9.96. The highest BCUT2D eigenvalue weighted by molar-refractivity contribution is 7.53. The van der Waals surface area contributed by atoms with Crippen molar-refractivity contribution in [2.75, 3.05) is 6.61 Å². The lowest BCUT2D eigenvalue weighted by Gasteiger charge is -2.24. The Morgan fingerprint density at radius 2 is 2.10 bits per heavy atom. The Morgan fingerprint density at radius 3 is 2.62 bits per heavy atom. The molecule has 13 heteroatoms. The van der Waals surface area contributed by atoms with E-state index in [1.807, 2.05) is 5.20 Å². The molecule has 10 nitrogen and oxygen atoms in total. The number of nitrogens with one attached hydrogen (secondary N) is 2. The highest BCUT2D eigenvalue weighted by atomic mass is 31.2. The molecule has 0 bridgehead atoms. The number of rotatable bonds is 8. The number of ether oxygens (including phenoxy) is 1. The summed E-state index contributed by atoms with van der Waals surface area (Å²) in [6.45, 7) is 2.72. The molecule has 1 rings (SSSR count). The molecule has 1 aliphatic heterocycles. The molecule has 1 saturated heterocycles. The van der Waals surface area contributed by atoms with Gasteiger partial charge in [0.05, 0.1) is 18.4 Å². The second-order valence-electron chi connectivity index (χ2n) is 4.82. The van der Waals surface area contributed by atoms with E-state index in [4.69, 9.17) is 27.5 Å². The van der Waals surface area contributed by atoms with Crippen molar-refractivity contribution in [1.82, 2.24) is 10.7 Å². The Labute approximate surface area is 124 Å². The van der Waals surface area contributed by atoms with Crippen LogP contribution in [0.3, 0.4) is 0 Å². The van der Waals surface area contributed by atoms with Gasteiger partial charge in [0.15, 0.2) is 0 Å². The second-order valence-corrected chi connectivity index (χ2v) is 8.72. The molecule has 0 spiro atoms. The van der Waals surface area contributed by atoms with Crippen molar-refractivity contribution >= 4 is 23.2 Å². The molecule has 0 amide bonds. The zero-order chi connectivity index (χ0) is 16.3. The molecule has 0 saturated carbocycles. The zero-order valence-electron chi connectivity index (χ0n) is 11.7. The van der Waals surface area contributed by atoms with E-state index in [-0.39, 0.29) is 13.0 Å². The van der Waals surface area contributed by atoms with E-state index in [0.29, 0.717) is 0 Å². The lowest BCUT2D eigenvalue weighted by Crippen LogP contribution is -2.37. The van der Waals surface area contributed by atoms with Crippen LogP contribution in [0, 0.1) is 0 Å². The van der Waals surface area contributed by atoms with Gasteiger partial charge >= 0.3 is 15.3 Å². The maximum absolute atomic E-state index is 11.9. The second kappa shape index (κ2) is 7.65. The van der Waals surface area contributed by atoms with Crippen LogP contribution in [-0.2, 0) is 22.9 Å². The van der Waals surface area contributed by atoms with Gasteiger partial charge < -0.3 is 19.0 Å². The molecule has 0 aromatic carbocycles. The van der Waals surface area contributed by atoms with Gasteiger partial charge in [-0.3, -0.25) is 14.9 Å². The van der Waals surface area contributed by atoms with Gasteiger partial charge in [-0.05, 0) is 6.42 Å². The number of hydrogen-bond acceptors (Lipinski definition) is 7. The van der Waals surface area contributed by atoms with E-state index in [1.54, 1.807) is 19.4 Å². The molecule has 2 unspecified atom stereocenters. The van der Waals surface area contributed by atoms with Gasteiger partial charge in [-0.25, -0.2) is 4.57 Å². The fourth-order valence-corrected chi connectivity index (χ4v) is 3.04. The first-order chi connectivity index (χ1) is 9.57. The van der Waals surface area contributed by atoms with Crippen molar-refractivity contribution in [3.8, 4) is 0 Å². The highest BCUT2D eigenvalue weighted by Crippen LogP contribution is 2.50. The first-order valence-electron chi connectivity index (χ1n) is 6.19. The topological polar surface area (TPSA) is 152 Å². The summed E-state index contributed by atoms with van der Waals surface area (Å²) in [4.78, 5) is 19.0. The summed E-state index contributed by atoms with van der Waals surface area (Å²) >= 11 is 0. The molecule has 0 aliphatic carbocycles. The summed E-state index contributed by atoms with van der Waals surface area (Å²) in [7, 11) is -2.38.